The predicted octanol–water partition coefficient (Wildman–Crippen LogP) is 5.77. The second kappa shape index (κ2) is 9.32. The summed E-state index contributed by atoms with van der Waals surface area (Å²) in [5.74, 6) is 4.77. The third kappa shape index (κ3) is 4.43. The number of allylic oxidation sites excluding steroid dienone is 4. The van der Waals surface area contributed by atoms with E-state index in [1.807, 2.05) is 18.8 Å². The monoisotopic (exact) mass is 379 g/mol. The molecule has 0 aromatic rings. The topological polar surface area (TPSA) is 32.7 Å². The lowest BCUT2D eigenvalue weighted by atomic mass is 9.64. The molecule has 4 heteroatoms. The largest absolute Gasteiger partial charge is 0.338 e. The van der Waals surface area contributed by atoms with E-state index in [0.29, 0.717) is 5.92 Å². The van der Waals surface area contributed by atoms with E-state index in [1.165, 1.54) is 38.5 Å². The van der Waals surface area contributed by atoms with E-state index < -0.39 is 8.53 Å². The van der Waals surface area contributed by atoms with Crippen molar-refractivity contribution in [2.24, 2.45) is 35.5 Å². The lowest BCUT2D eigenvalue weighted by Crippen LogP contribution is -2.41. The molecule has 2 saturated carbocycles. The molecule has 2 fully saturated rings. The summed E-state index contributed by atoms with van der Waals surface area (Å²) >= 11 is 0. The molecule has 0 bridgehead atoms. The zero-order valence-corrected chi connectivity index (χ0v) is 17.9. The van der Waals surface area contributed by atoms with Crippen molar-refractivity contribution >= 4 is 8.53 Å². The SMILES string of the molecule is C/C=C\CCC1C(CC)C1C1C(OP(O)N(C)C)CCC2CC=CCC21. The summed E-state index contributed by atoms with van der Waals surface area (Å²) in [6.07, 6.45) is 18.2. The number of fused-ring (bicyclic) bond motifs is 1. The molecule has 0 saturated heterocycles. The first kappa shape index (κ1) is 20.5. The van der Waals surface area contributed by atoms with Gasteiger partial charge in [-0.2, -0.15) is 0 Å². The number of rotatable bonds is 8. The van der Waals surface area contributed by atoms with Crippen molar-refractivity contribution in [2.75, 3.05) is 14.1 Å². The van der Waals surface area contributed by atoms with Crippen LogP contribution in [0.5, 0.6) is 0 Å². The minimum absolute atomic E-state index is 0.243. The van der Waals surface area contributed by atoms with E-state index >= 15 is 0 Å². The summed E-state index contributed by atoms with van der Waals surface area (Å²) in [6.45, 7) is 4.49. The molecule has 0 aliphatic heterocycles. The van der Waals surface area contributed by atoms with E-state index in [2.05, 4.69) is 38.2 Å². The molecule has 1 N–H and O–H groups in total. The second-order valence-corrected chi connectivity index (χ2v) is 10.2. The molecule has 0 amide bonds. The molecule has 8 unspecified atom stereocenters. The maximum atomic E-state index is 10.4. The first-order valence-electron chi connectivity index (χ1n) is 10.7. The summed E-state index contributed by atoms with van der Waals surface area (Å²) in [6, 6.07) is 0. The Morgan fingerprint density at radius 3 is 2.62 bits per heavy atom. The van der Waals surface area contributed by atoms with Gasteiger partial charge in [-0.3, -0.25) is 0 Å². The molecule has 0 aromatic heterocycles. The minimum Gasteiger partial charge on any atom is -0.338 e. The van der Waals surface area contributed by atoms with Crippen molar-refractivity contribution < 1.29 is 9.42 Å². The van der Waals surface area contributed by atoms with Gasteiger partial charge in [0.05, 0.1) is 6.10 Å². The maximum absolute atomic E-state index is 10.4. The second-order valence-electron chi connectivity index (χ2n) is 8.72. The molecule has 148 valence electrons. The molecule has 3 aliphatic rings. The van der Waals surface area contributed by atoms with E-state index in [1.54, 1.807) is 0 Å². The Hall–Kier alpha value is -0.210. The Bertz CT molecular complexity index is 506. The summed E-state index contributed by atoms with van der Waals surface area (Å²) in [7, 11) is 2.38. The van der Waals surface area contributed by atoms with Crippen molar-refractivity contribution in [2.45, 2.75) is 64.9 Å². The Morgan fingerprint density at radius 1 is 1.15 bits per heavy atom. The van der Waals surface area contributed by atoms with Crippen LogP contribution in [-0.2, 0) is 4.52 Å². The Morgan fingerprint density at radius 2 is 1.92 bits per heavy atom. The Kier molecular flexibility index (Phi) is 7.36. The maximum Gasteiger partial charge on any atom is 0.255 e. The standard InChI is InChI=1S/C22H38NO2P/c1-5-7-8-13-19-17(6-2)21(19)22-18-12-10-9-11-16(18)14-15-20(22)25-26(24)23(3)4/h5,7,9-10,16-22,24H,6,8,11-15H2,1-4H3/b7-5-. The average molecular weight is 380 g/mol. The average Bonchev–Trinajstić information content (AvgIpc) is 3.34. The molecule has 3 rings (SSSR count). The van der Waals surface area contributed by atoms with Crippen molar-refractivity contribution in [1.29, 1.82) is 0 Å². The highest BCUT2D eigenvalue weighted by Gasteiger charge is 2.58. The van der Waals surface area contributed by atoms with E-state index in [0.717, 1.165) is 36.0 Å². The summed E-state index contributed by atoms with van der Waals surface area (Å²) in [4.78, 5) is 10.4. The molecular formula is C22H38NO2P. The van der Waals surface area contributed by atoms with Crippen LogP contribution in [0.15, 0.2) is 24.3 Å². The van der Waals surface area contributed by atoms with Crippen LogP contribution < -0.4 is 0 Å². The van der Waals surface area contributed by atoms with Crippen LogP contribution in [0.4, 0.5) is 0 Å². The van der Waals surface area contributed by atoms with Crippen LogP contribution in [0.2, 0.25) is 0 Å². The fraction of sp³-hybridized carbons (Fsp3) is 0.818. The highest BCUT2D eigenvalue weighted by atomic mass is 31.2. The molecule has 8 atom stereocenters. The Labute approximate surface area is 161 Å². The molecule has 0 radical (unpaired) electrons. The predicted molar refractivity (Wildman–Crippen MR) is 111 cm³/mol. The lowest BCUT2D eigenvalue weighted by molar-refractivity contribution is -0.00277. The normalized spacial score (nSPS) is 40.8. The lowest BCUT2D eigenvalue weighted by Gasteiger charge is -2.45. The van der Waals surface area contributed by atoms with Gasteiger partial charge < -0.3 is 9.42 Å². The van der Waals surface area contributed by atoms with E-state index in [-0.39, 0.29) is 6.10 Å². The van der Waals surface area contributed by atoms with Crippen LogP contribution in [0, 0.1) is 35.5 Å². The van der Waals surface area contributed by atoms with E-state index in [4.69, 9.17) is 4.52 Å². The van der Waals surface area contributed by atoms with Gasteiger partial charge in [-0.15, -0.1) is 0 Å². The van der Waals surface area contributed by atoms with Gasteiger partial charge in [0.2, 0.25) is 0 Å². The molecule has 0 heterocycles. The van der Waals surface area contributed by atoms with E-state index in [9.17, 15) is 4.89 Å². The van der Waals surface area contributed by atoms with Gasteiger partial charge in [0.1, 0.15) is 0 Å². The number of hydrogen-bond donors (Lipinski definition) is 1. The van der Waals surface area contributed by atoms with Gasteiger partial charge >= 0.3 is 0 Å². The van der Waals surface area contributed by atoms with Crippen LogP contribution in [0.25, 0.3) is 0 Å². The Balaban J connectivity index is 1.76. The highest BCUT2D eigenvalue weighted by molar-refractivity contribution is 7.43. The first-order valence-corrected chi connectivity index (χ1v) is 11.8. The van der Waals surface area contributed by atoms with Gasteiger partial charge in [0, 0.05) is 0 Å². The molecule has 3 nitrogen and oxygen atoms in total. The van der Waals surface area contributed by atoms with Gasteiger partial charge in [0.25, 0.3) is 8.53 Å². The van der Waals surface area contributed by atoms with Gasteiger partial charge in [0.15, 0.2) is 0 Å². The van der Waals surface area contributed by atoms with Gasteiger partial charge in [-0.1, -0.05) is 37.6 Å². The fourth-order valence-corrected chi connectivity index (χ4v) is 6.57. The quantitative estimate of drug-likeness (QED) is 0.429. The van der Waals surface area contributed by atoms with Crippen LogP contribution in [0.3, 0.4) is 0 Å². The fourth-order valence-electron chi connectivity index (χ4n) is 5.90. The first-order chi connectivity index (χ1) is 12.6. The van der Waals surface area contributed by atoms with Crippen LogP contribution >= 0.6 is 8.53 Å². The van der Waals surface area contributed by atoms with Gasteiger partial charge in [-0.25, -0.2) is 4.67 Å². The molecule has 3 aliphatic carbocycles. The molecule has 0 aromatic carbocycles. The number of nitrogens with zero attached hydrogens (tertiary/aromatic N) is 1. The zero-order chi connectivity index (χ0) is 18.7. The van der Waals surface area contributed by atoms with Crippen LogP contribution in [0.1, 0.15) is 58.8 Å². The zero-order valence-electron chi connectivity index (χ0n) is 17.1. The van der Waals surface area contributed by atoms with Crippen LogP contribution in [-0.4, -0.2) is 29.8 Å². The highest BCUT2D eigenvalue weighted by Crippen LogP contribution is 2.62. The molecule has 0 spiro atoms. The minimum atomic E-state index is -1.45. The summed E-state index contributed by atoms with van der Waals surface area (Å²) < 4.78 is 8.13. The van der Waals surface area contributed by atoms with Crippen molar-refractivity contribution in [3.63, 3.8) is 0 Å². The third-order valence-electron chi connectivity index (χ3n) is 7.15. The number of hydrogen-bond acceptors (Lipinski definition) is 3. The molecular weight excluding hydrogens is 341 g/mol. The van der Waals surface area contributed by atoms with Crippen molar-refractivity contribution in [3.05, 3.63) is 24.3 Å². The summed E-state index contributed by atoms with van der Waals surface area (Å²) in [5.41, 5.74) is 0. The third-order valence-corrected chi connectivity index (χ3v) is 8.30. The van der Waals surface area contributed by atoms with Gasteiger partial charge in [-0.05, 0) is 95.1 Å². The van der Waals surface area contributed by atoms with Crippen molar-refractivity contribution in [3.8, 4) is 0 Å². The smallest absolute Gasteiger partial charge is 0.255 e. The molecule has 26 heavy (non-hydrogen) atoms. The van der Waals surface area contributed by atoms with Crippen molar-refractivity contribution in [1.82, 2.24) is 4.67 Å². The summed E-state index contributed by atoms with van der Waals surface area (Å²) in [5, 5.41) is 0.